The molecule has 0 saturated heterocycles. The van der Waals surface area contributed by atoms with Crippen molar-refractivity contribution in [2.75, 3.05) is 10.6 Å². The fourth-order valence-corrected chi connectivity index (χ4v) is 3.51. The van der Waals surface area contributed by atoms with Crippen molar-refractivity contribution < 1.29 is 18.4 Å². The summed E-state index contributed by atoms with van der Waals surface area (Å²) in [5, 5.41) is 5.13. The van der Waals surface area contributed by atoms with Gasteiger partial charge in [0.05, 0.1) is 16.9 Å². The minimum atomic E-state index is -0.999. The second-order valence-electron chi connectivity index (χ2n) is 7.55. The average molecular weight is 462 g/mol. The Labute approximate surface area is 193 Å². The van der Waals surface area contributed by atoms with Gasteiger partial charge in [0.1, 0.15) is 17.3 Å². The van der Waals surface area contributed by atoms with Crippen LogP contribution in [0.1, 0.15) is 26.4 Å². The zero-order valence-corrected chi connectivity index (χ0v) is 18.3. The highest BCUT2D eigenvalue weighted by Gasteiger charge is 2.19. The molecule has 0 aliphatic carbocycles. The number of carbonyl (C=O) groups excluding carboxylic acids is 2. The monoisotopic (exact) mass is 462 g/mol. The van der Waals surface area contributed by atoms with E-state index in [0.717, 1.165) is 12.1 Å². The van der Waals surface area contributed by atoms with Crippen molar-refractivity contribution >= 4 is 23.2 Å². The standard InChI is InChI=1S/C25H20F2N4O3/c1-15-22(25(34)31(30(15)2)19-9-4-3-5-10-19)29-23(32)16-7-6-8-18(13-16)28-24(33)20-12-11-17(26)14-21(20)27/h3-14H,1-2H3,(H,28,33)(H,29,32). The first kappa shape index (κ1) is 22.7. The predicted octanol–water partition coefficient (Wildman–Crippen LogP) is 4.27. The smallest absolute Gasteiger partial charge is 0.295 e. The molecular weight excluding hydrogens is 442 g/mol. The van der Waals surface area contributed by atoms with Crippen LogP contribution in [0.2, 0.25) is 0 Å². The molecule has 0 radical (unpaired) electrons. The summed E-state index contributed by atoms with van der Waals surface area (Å²) in [4.78, 5) is 38.3. The highest BCUT2D eigenvalue weighted by Crippen LogP contribution is 2.18. The third kappa shape index (κ3) is 4.36. The van der Waals surface area contributed by atoms with Gasteiger partial charge in [-0.2, -0.15) is 0 Å². The topological polar surface area (TPSA) is 85.1 Å². The number of nitrogens with zero attached hydrogens (tertiary/aromatic N) is 2. The Morgan fingerprint density at radius 1 is 0.853 bits per heavy atom. The molecule has 7 nitrogen and oxygen atoms in total. The van der Waals surface area contributed by atoms with E-state index in [9.17, 15) is 23.2 Å². The van der Waals surface area contributed by atoms with Gasteiger partial charge in [0, 0.05) is 24.4 Å². The minimum Gasteiger partial charge on any atom is -0.322 e. The van der Waals surface area contributed by atoms with Crippen LogP contribution >= 0.6 is 0 Å². The van der Waals surface area contributed by atoms with Crippen LogP contribution in [0.3, 0.4) is 0 Å². The van der Waals surface area contributed by atoms with Crippen molar-refractivity contribution in [3.05, 3.63) is 112 Å². The number of para-hydroxylation sites is 1. The average Bonchev–Trinajstić information content (AvgIpc) is 3.02. The van der Waals surface area contributed by atoms with E-state index in [2.05, 4.69) is 10.6 Å². The Morgan fingerprint density at radius 3 is 2.29 bits per heavy atom. The molecule has 0 fully saturated rings. The maximum Gasteiger partial charge on any atom is 0.295 e. The number of hydrogen-bond acceptors (Lipinski definition) is 3. The summed E-state index contributed by atoms with van der Waals surface area (Å²) in [6.45, 7) is 1.71. The van der Waals surface area contributed by atoms with Crippen LogP contribution in [0.5, 0.6) is 0 Å². The summed E-state index contributed by atoms with van der Waals surface area (Å²) in [6, 6.07) is 17.6. The van der Waals surface area contributed by atoms with Crippen molar-refractivity contribution in [1.82, 2.24) is 9.36 Å². The number of aromatic nitrogens is 2. The Hall–Kier alpha value is -4.53. The molecule has 4 aromatic rings. The first-order valence-electron chi connectivity index (χ1n) is 10.3. The number of hydrogen-bond donors (Lipinski definition) is 2. The lowest BCUT2D eigenvalue weighted by Crippen LogP contribution is -2.23. The van der Waals surface area contributed by atoms with Gasteiger partial charge in [-0.3, -0.25) is 19.1 Å². The van der Waals surface area contributed by atoms with Gasteiger partial charge in [0.25, 0.3) is 17.4 Å². The summed E-state index contributed by atoms with van der Waals surface area (Å²) < 4.78 is 30.1. The largest absolute Gasteiger partial charge is 0.322 e. The molecule has 0 spiro atoms. The molecule has 0 bridgehead atoms. The zero-order chi connectivity index (χ0) is 24.4. The van der Waals surface area contributed by atoms with Crippen LogP contribution in [0, 0.1) is 18.6 Å². The molecule has 34 heavy (non-hydrogen) atoms. The molecule has 0 aliphatic rings. The van der Waals surface area contributed by atoms with Gasteiger partial charge in [0.15, 0.2) is 0 Å². The highest BCUT2D eigenvalue weighted by atomic mass is 19.1. The molecule has 0 aliphatic heterocycles. The molecule has 1 aromatic heterocycles. The van der Waals surface area contributed by atoms with E-state index in [1.54, 1.807) is 42.9 Å². The lowest BCUT2D eigenvalue weighted by Gasteiger charge is -2.09. The Balaban J connectivity index is 1.57. The van der Waals surface area contributed by atoms with Crippen LogP contribution in [0.15, 0.2) is 77.6 Å². The van der Waals surface area contributed by atoms with Gasteiger partial charge in [0.2, 0.25) is 0 Å². The third-order valence-corrected chi connectivity index (χ3v) is 5.35. The van der Waals surface area contributed by atoms with Gasteiger partial charge in [-0.1, -0.05) is 24.3 Å². The molecule has 4 rings (SSSR count). The van der Waals surface area contributed by atoms with Gasteiger partial charge < -0.3 is 10.6 Å². The lowest BCUT2D eigenvalue weighted by molar-refractivity contribution is 0.101. The van der Waals surface area contributed by atoms with Crippen LogP contribution < -0.4 is 16.2 Å². The SMILES string of the molecule is Cc1c(NC(=O)c2cccc(NC(=O)c3ccc(F)cc3F)c2)c(=O)n(-c2ccccc2)n1C. The number of anilines is 2. The number of halogens is 2. The molecule has 0 saturated carbocycles. The number of benzene rings is 3. The molecule has 2 N–H and O–H groups in total. The summed E-state index contributed by atoms with van der Waals surface area (Å²) in [6.07, 6.45) is 0. The first-order chi connectivity index (χ1) is 16.3. The lowest BCUT2D eigenvalue weighted by atomic mass is 10.1. The molecule has 172 valence electrons. The van der Waals surface area contributed by atoms with E-state index in [0.29, 0.717) is 17.4 Å². The van der Waals surface area contributed by atoms with E-state index >= 15 is 0 Å². The highest BCUT2D eigenvalue weighted by molar-refractivity contribution is 6.07. The second-order valence-corrected chi connectivity index (χ2v) is 7.55. The normalized spacial score (nSPS) is 10.7. The van der Waals surface area contributed by atoms with Gasteiger partial charge in [-0.15, -0.1) is 0 Å². The van der Waals surface area contributed by atoms with Crippen LogP contribution in [0.4, 0.5) is 20.2 Å². The molecule has 1 heterocycles. The fourth-order valence-electron chi connectivity index (χ4n) is 3.51. The van der Waals surface area contributed by atoms with E-state index in [1.807, 2.05) is 6.07 Å². The van der Waals surface area contributed by atoms with Crippen molar-refractivity contribution in [2.45, 2.75) is 6.92 Å². The van der Waals surface area contributed by atoms with E-state index in [4.69, 9.17) is 0 Å². The zero-order valence-electron chi connectivity index (χ0n) is 18.3. The third-order valence-electron chi connectivity index (χ3n) is 5.35. The van der Waals surface area contributed by atoms with Crippen LogP contribution in [0.25, 0.3) is 5.69 Å². The summed E-state index contributed by atoms with van der Waals surface area (Å²) in [5.41, 5.74) is 1.00. The second kappa shape index (κ2) is 9.14. The molecule has 3 aromatic carbocycles. The maximum atomic E-state index is 13.9. The first-order valence-corrected chi connectivity index (χ1v) is 10.3. The molecule has 0 atom stereocenters. The van der Waals surface area contributed by atoms with Crippen LogP contribution in [-0.4, -0.2) is 21.2 Å². The predicted molar refractivity (Wildman–Crippen MR) is 124 cm³/mol. The van der Waals surface area contributed by atoms with E-state index in [-0.39, 0.29) is 22.5 Å². The van der Waals surface area contributed by atoms with Gasteiger partial charge in [-0.05, 0) is 49.4 Å². The van der Waals surface area contributed by atoms with Crippen molar-refractivity contribution in [3.8, 4) is 5.69 Å². The maximum absolute atomic E-state index is 13.9. The Bertz CT molecular complexity index is 1460. The number of nitrogens with one attached hydrogen (secondary N) is 2. The van der Waals surface area contributed by atoms with E-state index < -0.39 is 29.0 Å². The summed E-state index contributed by atoms with van der Waals surface area (Å²) >= 11 is 0. The minimum absolute atomic E-state index is 0.124. The molecule has 2 amide bonds. The van der Waals surface area contributed by atoms with Crippen molar-refractivity contribution in [3.63, 3.8) is 0 Å². The Morgan fingerprint density at radius 2 is 1.59 bits per heavy atom. The molecule has 9 heteroatoms. The number of rotatable bonds is 5. The van der Waals surface area contributed by atoms with Crippen molar-refractivity contribution in [1.29, 1.82) is 0 Å². The fraction of sp³-hybridized carbons (Fsp3) is 0.0800. The number of amides is 2. The summed E-state index contributed by atoms with van der Waals surface area (Å²) in [7, 11) is 1.71. The molecular formula is C25H20F2N4O3. The van der Waals surface area contributed by atoms with Gasteiger partial charge in [-0.25, -0.2) is 13.5 Å². The van der Waals surface area contributed by atoms with Gasteiger partial charge >= 0.3 is 0 Å². The summed E-state index contributed by atoms with van der Waals surface area (Å²) in [5.74, 6) is -3.15. The number of carbonyl (C=O) groups is 2. The van der Waals surface area contributed by atoms with E-state index in [1.165, 1.54) is 28.9 Å². The Kier molecular flexibility index (Phi) is 6.09. The quantitative estimate of drug-likeness (QED) is 0.465. The van der Waals surface area contributed by atoms with Crippen LogP contribution in [-0.2, 0) is 7.05 Å². The van der Waals surface area contributed by atoms with Crippen molar-refractivity contribution in [2.24, 2.45) is 7.05 Å². The molecule has 0 unspecified atom stereocenters.